The molecule has 0 aromatic heterocycles. The van der Waals surface area contributed by atoms with Gasteiger partial charge in [-0.15, -0.1) is 0 Å². The highest BCUT2D eigenvalue weighted by Gasteiger charge is 2.26. The van der Waals surface area contributed by atoms with Gasteiger partial charge in [0, 0.05) is 31.3 Å². The van der Waals surface area contributed by atoms with E-state index < -0.39 is 6.10 Å². The number of carbonyl (C=O) groups is 1. The van der Waals surface area contributed by atoms with Crippen LogP contribution in [-0.2, 0) is 14.3 Å². The summed E-state index contributed by atoms with van der Waals surface area (Å²) in [4.78, 5) is 14.7. The maximum Gasteiger partial charge on any atom is 0.249 e. The van der Waals surface area contributed by atoms with Gasteiger partial charge in [-0.3, -0.25) is 9.69 Å². The fraction of sp³-hybridized carbons (Fsp3) is 0.611. The zero-order valence-corrected chi connectivity index (χ0v) is 15.2. The Morgan fingerprint density at radius 3 is 2.67 bits per heavy atom. The number of ether oxygens (including phenoxy) is 2. The third-order valence-corrected chi connectivity index (χ3v) is 4.60. The van der Waals surface area contributed by atoms with E-state index >= 15 is 0 Å². The summed E-state index contributed by atoms with van der Waals surface area (Å²) in [5.41, 5.74) is 1.03. The fourth-order valence-electron chi connectivity index (χ4n) is 2.96. The summed E-state index contributed by atoms with van der Waals surface area (Å²) in [5, 5.41) is 3.76. The van der Waals surface area contributed by atoms with Crippen molar-refractivity contribution in [1.29, 1.82) is 0 Å². The molecule has 1 aromatic carbocycles. The molecule has 1 N–H and O–H groups in total. The minimum Gasteiger partial charge on any atom is -0.379 e. The Balaban J connectivity index is 2.08. The molecular formula is C18H27ClN2O3. The van der Waals surface area contributed by atoms with E-state index in [1.807, 2.05) is 38.1 Å². The van der Waals surface area contributed by atoms with Crippen molar-refractivity contribution < 1.29 is 14.3 Å². The Kier molecular flexibility index (Phi) is 7.99. The number of halogens is 1. The number of hydrogen-bond acceptors (Lipinski definition) is 4. The number of amides is 1. The minimum absolute atomic E-state index is 0.0330. The summed E-state index contributed by atoms with van der Waals surface area (Å²) < 4.78 is 10.9. The first-order chi connectivity index (χ1) is 11.7. The van der Waals surface area contributed by atoms with E-state index in [1.54, 1.807) is 0 Å². The van der Waals surface area contributed by atoms with Crippen LogP contribution >= 0.6 is 11.6 Å². The van der Waals surface area contributed by atoms with Gasteiger partial charge in [-0.2, -0.15) is 0 Å². The van der Waals surface area contributed by atoms with Crippen LogP contribution in [0, 0.1) is 0 Å². The Bertz CT molecular complexity index is 521. The van der Waals surface area contributed by atoms with Gasteiger partial charge >= 0.3 is 0 Å². The van der Waals surface area contributed by atoms with Gasteiger partial charge in [0.15, 0.2) is 0 Å². The van der Waals surface area contributed by atoms with E-state index in [2.05, 4.69) is 10.2 Å². The van der Waals surface area contributed by atoms with E-state index in [-0.39, 0.29) is 11.9 Å². The third kappa shape index (κ3) is 5.18. The van der Waals surface area contributed by atoms with Crippen molar-refractivity contribution >= 4 is 17.5 Å². The van der Waals surface area contributed by atoms with Crippen molar-refractivity contribution in [2.24, 2.45) is 0 Å². The standard InChI is InChI=1S/C18H27ClN2O3/c1-3-17(24-4-2)18(22)20-13-16(21-9-11-23-12-10-21)14-7-5-6-8-15(14)19/h5-8,16-17H,3-4,9-13H2,1-2H3,(H,20,22). The largest absolute Gasteiger partial charge is 0.379 e. The molecule has 0 radical (unpaired) electrons. The molecule has 1 aliphatic rings. The number of carbonyl (C=O) groups excluding carboxylic acids is 1. The van der Waals surface area contributed by atoms with E-state index in [0.717, 1.165) is 23.7 Å². The summed E-state index contributed by atoms with van der Waals surface area (Å²) in [5.74, 6) is -0.0651. The zero-order valence-electron chi connectivity index (χ0n) is 14.5. The molecule has 0 spiro atoms. The Morgan fingerprint density at radius 2 is 2.04 bits per heavy atom. The van der Waals surface area contributed by atoms with Crippen LogP contribution < -0.4 is 5.32 Å². The monoisotopic (exact) mass is 354 g/mol. The summed E-state index contributed by atoms with van der Waals surface area (Å²) in [6, 6.07) is 7.84. The molecule has 24 heavy (non-hydrogen) atoms. The molecule has 1 saturated heterocycles. The van der Waals surface area contributed by atoms with Gasteiger partial charge in [-0.1, -0.05) is 36.7 Å². The number of nitrogens with zero attached hydrogens (tertiary/aromatic N) is 1. The van der Waals surface area contributed by atoms with E-state index in [1.165, 1.54) is 0 Å². The van der Waals surface area contributed by atoms with Gasteiger partial charge in [0.25, 0.3) is 0 Å². The average Bonchev–Trinajstić information content (AvgIpc) is 2.62. The second-order valence-electron chi connectivity index (χ2n) is 5.78. The molecule has 134 valence electrons. The molecule has 0 bridgehead atoms. The maximum absolute atomic E-state index is 12.4. The Labute approximate surface area is 149 Å². The van der Waals surface area contributed by atoms with Gasteiger partial charge in [0.2, 0.25) is 5.91 Å². The number of rotatable bonds is 8. The molecule has 1 aromatic rings. The Morgan fingerprint density at radius 1 is 1.33 bits per heavy atom. The lowest BCUT2D eigenvalue weighted by Gasteiger charge is -2.35. The predicted octanol–water partition coefficient (Wildman–Crippen LogP) is 2.64. The second-order valence-corrected chi connectivity index (χ2v) is 6.19. The third-order valence-electron chi connectivity index (χ3n) is 4.25. The second kappa shape index (κ2) is 9.99. The highest BCUT2D eigenvalue weighted by atomic mass is 35.5. The van der Waals surface area contributed by atoms with Crippen molar-refractivity contribution in [2.45, 2.75) is 32.4 Å². The number of benzene rings is 1. The van der Waals surface area contributed by atoms with Gasteiger partial charge < -0.3 is 14.8 Å². The summed E-state index contributed by atoms with van der Waals surface area (Å²) >= 11 is 6.40. The molecule has 1 aliphatic heterocycles. The number of hydrogen-bond donors (Lipinski definition) is 1. The Hall–Kier alpha value is -1.14. The van der Waals surface area contributed by atoms with Gasteiger partial charge in [0.05, 0.1) is 19.3 Å². The van der Waals surface area contributed by atoms with E-state index in [0.29, 0.717) is 32.8 Å². The topological polar surface area (TPSA) is 50.8 Å². The van der Waals surface area contributed by atoms with Crippen LogP contribution in [0.25, 0.3) is 0 Å². The van der Waals surface area contributed by atoms with E-state index in [4.69, 9.17) is 21.1 Å². The summed E-state index contributed by atoms with van der Waals surface area (Å²) in [7, 11) is 0. The smallest absolute Gasteiger partial charge is 0.249 e. The van der Waals surface area contributed by atoms with Crippen molar-refractivity contribution in [1.82, 2.24) is 10.2 Å². The van der Waals surface area contributed by atoms with Crippen LogP contribution in [-0.4, -0.2) is 56.4 Å². The fourth-order valence-corrected chi connectivity index (χ4v) is 3.22. The lowest BCUT2D eigenvalue weighted by Crippen LogP contribution is -2.46. The maximum atomic E-state index is 12.4. The molecule has 2 rings (SSSR count). The SMILES string of the molecule is CCOC(CC)C(=O)NCC(c1ccccc1Cl)N1CCOCC1. The average molecular weight is 355 g/mol. The first-order valence-corrected chi connectivity index (χ1v) is 9.00. The highest BCUT2D eigenvalue weighted by molar-refractivity contribution is 6.31. The molecule has 0 saturated carbocycles. The molecular weight excluding hydrogens is 328 g/mol. The van der Waals surface area contributed by atoms with Gasteiger partial charge in [0.1, 0.15) is 6.10 Å². The molecule has 5 nitrogen and oxygen atoms in total. The number of nitrogens with one attached hydrogen (secondary N) is 1. The first kappa shape index (κ1) is 19.2. The van der Waals surface area contributed by atoms with Crippen LogP contribution in [0.5, 0.6) is 0 Å². The molecule has 2 atom stereocenters. The van der Waals surface area contributed by atoms with Gasteiger partial charge in [-0.25, -0.2) is 0 Å². The quantitative estimate of drug-likeness (QED) is 0.779. The molecule has 0 aliphatic carbocycles. The van der Waals surface area contributed by atoms with Gasteiger partial charge in [-0.05, 0) is 25.0 Å². The minimum atomic E-state index is -0.397. The molecule has 6 heteroatoms. The van der Waals surface area contributed by atoms with E-state index in [9.17, 15) is 4.79 Å². The van der Waals surface area contributed by atoms with Crippen molar-refractivity contribution in [2.75, 3.05) is 39.5 Å². The summed E-state index contributed by atoms with van der Waals surface area (Å²) in [6.07, 6.45) is 0.264. The molecule has 2 unspecified atom stereocenters. The van der Waals surface area contributed by atoms with Crippen LogP contribution in [0.2, 0.25) is 5.02 Å². The van der Waals surface area contributed by atoms with Crippen LogP contribution in [0.15, 0.2) is 24.3 Å². The molecule has 1 heterocycles. The zero-order chi connectivity index (χ0) is 17.4. The van der Waals surface area contributed by atoms with Crippen molar-refractivity contribution in [3.8, 4) is 0 Å². The van der Waals surface area contributed by atoms with Crippen LogP contribution in [0.3, 0.4) is 0 Å². The van der Waals surface area contributed by atoms with Crippen LogP contribution in [0.1, 0.15) is 31.9 Å². The highest BCUT2D eigenvalue weighted by Crippen LogP contribution is 2.27. The summed E-state index contributed by atoms with van der Waals surface area (Å²) in [6.45, 7) is 7.94. The normalized spacial score (nSPS) is 18.1. The molecule has 1 fully saturated rings. The predicted molar refractivity (Wildman–Crippen MR) is 95.3 cm³/mol. The van der Waals surface area contributed by atoms with Crippen molar-refractivity contribution in [3.05, 3.63) is 34.9 Å². The molecule has 1 amide bonds. The van der Waals surface area contributed by atoms with Crippen molar-refractivity contribution in [3.63, 3.8) is 0 Å². The van der Waals surface area contributed by atoms with Crippen LogP contribution in [0.4, 0.5) is 0 Å². The lowest BCUT2D eigenvalue weighted by atomic mass is 10.0. The lowest BCUT2D eigenvalue weighted by molar-refractivity contribution is -0.133. The first-order valence-electron chi connectivity index (χ1n) is 8.62. The number of morpholine rings is 1.